The first-order chi connectivity index (χ1) is 7.81. The lowest BCUT2D eigenvalue weighted by Gasteiger charge is -2.28. The molecule has 1 aromatic rings. The molecule has 86 valence electrons. The molecule has 0 atom stereocenters. The van der Waals surface area contributed by atoms with Crippen LogP contribution in [-0.2, 0) is 0 Å². The average molecular weight is 220 g/mol. The maximum atomic E-state index is 11.1. The van der Waals surface area contributed by atoms with Crippen molar-refractivity contribution in [2.24, 2.45) is 0 Å². The molecule has 1 aliphatic rings. The third-order valence-electron chi connectivity index (χ3n) is 2.95. The molecule has 0 bridgehead atoms. The first-order valence-electron chi connectivity index (χ1n) is 5.61. The molecule has 1 amide bonds. The summed E-state index contributed by atoms with van der Waals surface area (Å²) in [7, 11) is 0. The van der Waals surface area contributed by atoms with E-state index in [4.69, 9.17) is 5.21 Å². The van der Waals surface area contributed by atoms with Crippen LogP contribution in [0.5, 0.6) is 0 Å². The van der Waals surface area contributed by atoms with Crippen molar-refractivity contribution in [2.75, 3.05) is 18.0 Å². The van der Waals surface area contributed by atoms with Crippen molar-refractivity contribution >= 4 is 11.6 Å². The SMILES string of the molecule is O=C(NO)c1ccc(N2CCCCC2)cc1. The van der Waals surface area contributed by atoms with Gasteiger partial charge in [0.1, 0.15) is 0 Å². The number of piperidine rings is 1. The van der Waals surface area contributed by atoms with Crippen molar-refractivity contribution < 1.29 is 10.0 Å². The van der Waals surface area contributed by atoms with E-state index in [2.05, 4.69) is 4.90 Å². The van der Waals surface area contributed by atoms with Crippen LogP contribution in [0.25, 0.3) is 0 Å². The summed E-state index contributed by atoms with van der Waals surface area (Å²) < 4.78 is 0. The smallest absolute Gasteiger partial charge is 0.274 e. The van der Waals surface area contributed by atoms with E-state index in [1.807, 2.05) is 12.1 Å². The van der Waals surface area contributed by atoms with Crippen LogP contribution < -0.4 is 10.4 Å². The molecule has 16 heavy (non-hydrogen) atoms. The first kappa shape index (κ1) is 11.0. The predicted octanol–water partition coefficient (Wildman–Crippen LogP) is 1.80. The highest BCUT2D eigenvalue weighted by molar-refractivity contribution is 5.93. The van der Waals surface area contributed by atoms with Crippen molar-refractivity contribution in [1.29, 1.82) is 0 Å². The zero-order valence-electron chi connectivity index (χ0n) is 9.15. The molecule has 0 unspecified atom stereocenters. The number of hydrogen-bond acceptors (Lipinski definition) is 3. The van der Waals surface area contributed by atoms with Crippen molar-refractivity contribution in [2.45, 2.75) is 19.3 Å². The summed E-state index contributed by atoms with van der Waals surface area (Å²) in [4.78, 5) is 13.4. The molecule has 1 aliphatic heterocycles. The molecule has 1 aromatic carbocycles. The second kappa shape index (κ2) is 4.99. The van der Waals surface area contributed by atoms with Gasteiger partial charge in [-0.25, -0.2) is 5.48 Å². The summed E-state index contributed by atoms with van der Waals surface area (Å²) in [6.45, 7) is 2.18. The van der Waals surface area contributed by atoms with E-state index in [1.165, 1.54) is 19.3 Å². The van der Waals surface area contributed by atoms with E-state index in [-0.39, 0.29) is 0 Å². The number of rotatable bonds is 2. The van der Waals surface area contributed by atoms with Crippen LogP contribution in [0.1, 0.15) is 29.6 Å². The van der Waals surface area contributed by atoms with Gasteiger partial charge < -0.3 is 4.90 Å². The van der Waals surface area contributed by atoms with Crippen LogP contribution in [0.15, 0.2) is 24.3 Å². The highest BCUT2D eigenvalue weighted by atomic mass is 16.5. The topological polar surface area (TPSA) is 52.6 Å². The Labute approximate surface area is 94.8 Å². The summed E-state index contributed by atoms with van der Waals surface area (Å²) in [5.41, 5.74) is 3.25. The van der Waals surface area contributed by atoms with Crippen LogP contribution in [-0.4, -0.2) is 24.2 Å². The molecule has 4 nitrogen and oxygen atoms in total. The quantitative estimate of drug-likeness (QED) is 0.590. The minimum Gasteiger partial charge on any atom is -0.372 e. The molecule has 2 N–H and O–H groups in total. The molecule has 0 saturated carbocycles. The molecule has 4 heteroatoms. The zero-order chi connectivity index (χ0) is 11.4. The van der Waals surface area contributed by atoms with Crippen LogP contribution in [0.3, 0.4) is 0 Å². The van der Waals surface area contributed by atoms with Crippen LogP contribution in [0, 0.1) is 0 Å². The number of carbonyl (C=O) groups excluding carboxylic acids is 1. The molecule has 1 fully saturated rings. The molecule has 1 heterocycles. The fraction of sp³-hybridized carbons (Fsp3) is 0.417. The van der Waals surface area contributed by atoms with E-state index in [1.54, 1.807) is 17.6 Å². The summed E-state index contributed by atoms with van der Waals surface area (Å²) in [5, 5.41) is 8.50. The van der Waals surface area contributed by atoms with Gasteiger partial charge in [0.05, 0.1) is 0 Å². The number of benzene rings is 1. The molecule has 1 saturated heterocycles. The summed E-state index contributed by atoms with van der Waals surface area (Å²) in [6, 6.07) is 7.32. The number of carbonyl (C=O) groups is 1. The normalized spacial score (nSPS) is 15.9. The largest absolute Gasteiger partial charge is 0.372 e. The van der Waals surface area contributed by atoms with E-state index < -0.39 is 5.91 Å². The van der Waals surface area contributed by atoms with Gasteiger partial charge in [-0.2, -0.15) is 0 Å². The van der Waals surface area contributed by atoms with Gasteiger partial charge in [0.2, 0.25) is 0 Å². The van der Waals surface area contributed by atoms with Gasteiger partial charge in [-0.05, 0) is 43.5 Å². The van der Waals surface area contributed by atoms with Crippen molar-refractivity contribution in [1.82, 2.24) is 5.48 Å². The second-order valence-electron chi connectivity index (χ2n) is 4.04. The minimum absolute atomic E-state index is 0.467. The van der Waals surface area contributed by atoms with Gasteiger partial charge in [-0.15, -0.1) is 0 Å². The van der Waals surface area contributed by atoms with Gasteiger partial charge in [-0.3, -0.25) is 10.0 Å². The highest BCUT2D eigenvalue weighted by Crippen LogP contribution is 2.20. The fourth-order valence-corrected chi connectivity index (χ4v) is 2.04. The standard InChI is InChI=1S/C12H16N2O2/c15-12(13-16)10-4-6-11(7-5-10)14-8-2-1-3-9-14/h4-7,16H,1-3,8-9H2,(H,13,15). The van der Waals surface area contributed by atoms with Crippen molar-refractivity contribution in [3.8, 4) is 0 Å². The van der Waals surface area contributed by atoms with Crippen LogP contribution >= 0.6 is 0 Å². The third kappa shape index (κ3) is 2.33. The Bertz CT molecular complexity index is 356. The lowest BCUT2D eigenvalue weighted by atomic mass is 10.1. The van der Waals surface area contributed by atoms with E-state index in [0.717, 1.165) is 18.8 Å². The van der Waals surface area contributed by atoms with Crippen molar-refractivity contribution in [3.05, 3.63) is 29.8 Å². The van der Waals surface area contributed by atoms with E-state index in [9.17, 15) is 4.79 Å². The maximum absolute atomic E-state index is 11.1. The Morgan fingerprint density at radius 2 is 1.75 bits per heavy atom. The Morgan fingerprint density at radius 1 is 1.12 bits per heavy atom. The number of hydroxylamine groups is 1. The maximum Gasteiger partial charge on any atom is 0.274 e. The van der Waals surface area contributed by atoms with Gasteiger partial charge >= 0.3 is 0 Å². The number of hydrogen-bond donors (Lipinski definition) is 2. The number of amides is 1. The van der Waals surface area contributed by atoms with Gasteiger partial charge in [-0.1, -0.05) is 0 Å². The van der Waals surface area contributed by atoms with Gasteiger partial charge in [0.25, 0.3) is 5.91 Å². The Balaban J connectivity index is 2.09. The third-order valence-corrected chi connectivity index (χ3v) is 2.95. The summed E-state index contributed by atoms with van der Waals surface area (Å²) >= 11 is 0. The van der Waals surface area contributed by atoms with E-state index >= 15 is 0 Å². The Hall–Kier alpha value is -1.55. The number of nitrogens with zero attached hydrogens (tertiary/aromatic N) is 1. The molecule has 2 rings (SSSR count). The first-order valence-corrected chi connectivity index (χ1v) is 5.61. The van der Waals surface area contributed by atoms with Gasteiger partial charge in [0.15, 0.2) is 0 Å². The minimum atomic E-state index is -0.467. The molecule has 0 aromatic heterocycles. The van der Waals surface area contributed by atoms with Crippen molar-refractivity contribution in [3.63, 3.8) is 0 Å². The number of nitrogens with one attached hydrogen (secondary N) is 1. The molecule has 0 aliphatic carbocycles. The monoisotopic (exact) mass is 220 g/mol. The highest BCUT2D eigenvalue weighted by Gasteiger charge is 2.11. The second-order valence-corrected chi connectivity index (χ2v) is 4.04. The lowest BCUT2D eigenvalue weighted by molar-refractivity contribution is 0.0706. The summed E-state index contributed by atoms with van der Waals surface area (Å²) in [5.74, 6) is -0.467. The fourth-order valence-electron chi connectivity index (χ4n) is 2.04. The summed E-state index contributed by atoms with van der Waals surface area (Å²) in [6.07, 6.45) is 3.78. The zero-order valence-corrected chi connectivity index (χ0v) is 9.15. The molecular weight excluding hydrogens is 204 g/mol. The van der Waals surface area contributed by atoms with Crippen LogP contribution in [0.4, 0.5) is 5.69 Å². The number of anilines is 1. The predicted molar refractivity (Wildman–Crippen MR) is 61.8 cm³/mol. The Morgan fingerprint density at radius 3 is 2.31 bits per heavy atom. The van der Waals surface area contributed by atoms with Gasteiger partial charge in [0, 0.05) is 24.3 Å². The molecule has 0 spiro atoms. The molecular formula is C12H16N2O2. The molecule has 0 radical (unpaired) electrons. The lowest BCUT2D eigenvalue weighted by Crippen LogP contribution is -2.29. The average Bonchev–Trinajstić information content (AvgIpc) is 2.39. The Kier molecular flexibility index (Phi) is 3.41. The van der Waals surface area contributed by atoms with Crippen LogP contribution in [0.2, 0.25) is 0 Å². The van der Waals surface area contributed by atoms with E-state index in [0.29, 0.717) is 5.56 Å².